The first-order chi connectivity index (χ1) is 6.70. The third-order valence-electron chi connectivity index (χ3n) is 1.96. The molecule has 0 atom stereocenters. The number of para-hydroxylation sites is 2. The number of benzene rings is 1. The second-order valence-corrected chi connectivity index (χ2v) is 5.17. The van der Waals surface area contributed by atoms with E-state index in [1.165, 1.54) is 11.4 Å². The third kappa shape index (κ3) is 2.88. The largest absolute Gasteiger partial charge is 0.313 e. The summed E-state index contributed by atoms with van der Waals surface area (Å²) in [5, 5.41) is 0. The zero-order chi connectivity index (χ0) is 10.6. The maximum atomic E-state index is 2.35. The van der Waals surface area contributed by atoms with Crippen molar-refractivity contribution in [1.82, 2.24) is 0 Å². The zero-order valence-electron chi connectivity index (χ0n) is 8.37. The van der Waals surface area contributed by atoms with E-state index in [9.17, 15) is 0 Å². The molecule has 0 heterocycles. The van der Waals surface area contributed by atoms with Gasteiger partial charge in [-0.05, 0) is 26.0 Å². The number of rotatable bonds is 4. The molecule has 0 saturated heterocycles. The molecule has 2 nitrogen and oxygen atoms in total. The molecular weight excluding hydrogens is 402 g/mol. The summed E-state index contributed by atoms with van der Waals surface area (Å²) >= 11 is 4.70. The lowest BCUT2D eigenvalue weighted by Crippen LogP contribution is -2.14. The molecule has 0 spiro atoms. The van der Waals surface area contributed by atoms with Crippen LogP contribution in [0.2, 0.25) is 0 Å². The van der Waals surface area contributed by atoms with Crippen LogP contribution in [0.15, 0.2) is 24.3 Å². The van der Waals surface area contributed by atoms with Gasteiger partial charge in [0, 0.05) is 13.1 Å². The van der Waals surface area contributed by atoms with Gasteiger partial charge in [-0.3, -0.25) is 0 Å². The quantitative estimate of drug-likeness (QED) is 0.541. The van der Waals surface area contributed by atoms with Gasteiger partial charge < -0.3 is 6.23 Å². The molecule has 1 rings (SSSR count). The van der Waals surface area contributed by atoms with E-state index < -0.39 is 0 Å². The van der Waals surface area contributed by atoms with Gasteiger partial charge in [-0.1, -0.05) is 12.1 Å². The molecule has 0 aromatic heterocycles. The van der Waals surface area contributed by atoms with Crippen LogP contribution in [0.5, 0.6) is 0 Å². The average Bonchev–Trinajstić information content (AvgIpc) is 2.27. The fourth-order valence-corrected chi connectivity index (χ4v) is 2.03. The lowest BCUT2D eigenvalue weighted by molar-refractivity contribution is 1.11. The number of nitrogens with zero attached hydrogens (tertiary/aromatic N) is 2. The Hall–Kier alpha value is 0.280. The minimum atomic E-state index is 1.02. The van der Waals surface area contributed by atoms with Crippen molar-refractivity contribution in [3.05, 3.63) is 24.3 Å². The first-order valence-corrected chi connectivity index (χ1v) is 6.59. The molecule has 78 valence electrons. The molecule has 1 aromatic rings. The Balaban J connectivity index is 3.02. The van der Waals surface area contributed by atoms with Crippen LogP contribution in [0.4, 0.5) is 11.4 Å². The molecule has 1 aromatic carbocycles. The normalized spacial score (nSPS) is 10.0. The number of hydrogen-bond donors (Lipinski definition) is 0. The minimum Gasteiger partial charge on any atom is -0.313 e. The fraction of sp³-hybridized carbons (Fsp3) is 0.400. The molecule has 0 amide bonds. The van der Waals surface area contributed by atoms with Gasteiger partial charge in [0.1, 0.15) is 0 Å². The summed E-state index contributed by atoms with van der Waals surface area (Å²) in [4.78, 5) is 0. The Morgan fingerprint density at radius 2 is 1.29 bits per heavy atom. The Morgan fingerprint density at radius 1 is 0.929 bits per heavy atom. The minimum absolute atomic E-state index is 1.02. The number of hydrogen-bond acceptors (Lipinski definition) is 2. The van der Waals surface area contributed by atoms with E-state index in [4.69, 9.17) is 0 Å². The lowest BCUT2D eigenvalue weighted by atomic mass is 10.2. The van der Waals surface area contributed by atoms with E-state index in [1.54, 1.807) is 0 Å². The first-order valence-electron chi connectivity index (χ1n) is 4.66. The van der Waals surface area contributed by atoms with Crippen molar-refractivity contribution in [2.45, 2.75) is 13.8 Å². The standard InChI is InChI=1S/C10H14I2N2/c1-3-13(11)9-7-5-6-8-10(9)14(12)4-2/h5-8H,3-4H2,1-2H3. The highest BCUT2D eigenvalue weighted by Crippen LogP contribution is 2.32. The molecule has 4 heteroatoms. The molecule has 0 N–H and O–H groups in total. The van der Waals surface area contributed by atoms with Gasteiger partial charge >= 0.3 is 0 Å². The van der Waals surface area contributed by atoms with Crippen molar-refractivity contribution >= 4 is 57.1 Å². The van der Waals surface area contributed by atoms with Crippen LogP contribution < -0.4 is 6.23 Å². The van der Waals surface area contributed by atoms with Crippen molar-refractivity contribution in [2.24, 2.45) is 0 Å². The van der Waals surface area contributed by atoms with Crippen LogP contribution in [-0.4, -0.2) is 13.1 Å². The van der Waals surface area contributed by atoms with Crippen LogP contribution in [0, 0.1) is 0 Å². The molecule has 0 bridgehead atoms. The Bertz CT molecular complexity index is 262. The van der Waals surface area contributed by atoms with Crippen molar-refractivity contribution in [3.63, 3.8) is 0 Å². The van der Waals surface area contributed by atoms with Crippen molar-refractivity contribution in [3.8, 4) is 0 Å². The van der Waals surface area contributed by atoms with Crippen LogP contribution in [-0.2, 0) is 0 Å². The van der Waals surface area contributed by atoms with Gasteiger partial charge in [-0.2, -0.15) is 0 Å². The van der Waals surface area contributed by atoms with Gasteiger partial charge in [0.2, 0.25) is 0 Å². The van der Waals surface area contributed by atoms with E-state index >= 15 is 0 Å². The van der Waals surface area contributed by atoms with Gasteiger partial charge in [0.15, 0.2) is 0 Å². The Labute approximate surface area is 114 Å². The van der Waals surface area contributed by atoms with Gasteiger partial charge in [0.25, 0.3) is 0 Å². The molecule has 0 saturated carbocycles. The Kier molecular flexibility index (Phi) is 5.29. The van der Waals surface area contributed by atoms with Crippen LogP contribution in [0.25, 0.3) is 0 Å². The van der Waals surface area contributed by atoms with E-state index in [0.717, 1.165) is 13.1 Å². The highest BCUT2D eigenvalue weighted by molar-refractivity contribution is 14.1. The summed E-state index contributed by atoms with van der Waals surface area (Å²) in [5.74, 6) is 0. The molecule has 0 aliphatic rings. The van der Waals surface area contributed by atoms with Crippen LogP contribution in [0.1, 0.15) is 13.8 Å². The fourth-order valence-electron chi connectivity index (χ4n) is 1.22. The summed E-state index contributed by atoms with van der Waals surface area (Å²) in [6.45, 7) is 6.36. The topological polar surface area (TPSA) is 6.48 Å². The summed E-state index contributed by atoms with van der Waals surface area (Å²) in [7, 11) is 0. The SMILES string of the molecule is CCN(I)c1ccccc1N(I)CC. The summed E-state index contributed by atoms with van der Waals surface area (Å²) in [5.41, 5.74) is 2.57. The van der Waals surface area contributed by atoms with E-state index in [1.807, 2.05) is 0 Å². The lowest BCUT2D eigenvalue weighted by Gasteiger charge is -2.23. The van der Waals surface area contributed by atoms with E-state index in [-0.39, 0.29) is 0 Å². The summed E-state index contributed by atoms with van der Waals surface area (Å²) < 4.78 is 4.46. The van der Waals surface area contributed by atoms with Crippen molar-refractivity contribution in [2.75, 3.05) is 19.3 Å². The second kappa shape index (κ2) is 5.99. The number of halogens is 2. The van der Waals surface area contributed by atoms with E-state index in [2.05, 4.69) is 90.1 Å². The maximum Gasteiger partial charge on any atom is 0.0698 e. The molecule has 0 unspecified atom stereocenters. The highest BCUT2D eigenvalue weighted by atomic mass is 127. The molecule has 0 aliphatic heterocycles. The third-order valence-corrected chi connectivity index (χ3v) is 4.36. The maximum absolute atomic E-state index is 2.35. The van der Waals surface area contributed by atoms with Gasteiger partial charge in [0.05, 0.1) is 57.1 Å². The van der Waals surface area contributed by atoms with Gasteiger partial charge in [-0.25, -0.2) is 0 Å². The van der Waals surface area contributed by atoms with Crippen LogP contribution in [0.3, 0.4) is 0 Å². The summed E-state index contributed by atoms with van der Waals surface area (Å²) in [6.07, 6.45) is 0. The molecular formula is C10H14I2N2. The number of anilines is 2. The smallest absolute Gasteiger partial charge is 0.0698 e. The Morgan fingerprint density at radius 3 is 1.57 bits per heavy atom. The second-order valence-electron chi connectivity index (χ2n) is 2.85. The van der Waals surface area contributed by atoms with Crippen molar-refractivity contribution in [1.29, 1.82) is 0 Å². The van der Waals surface area contributed by atoms with Gasteiger partial charge in [-0.15, -0.1) is 0 Å². The van der Waals surface area contributed by atoms with Crippen molar-refractivity contribution < 1.29 is 0 Å². The predicted molar refractivity (Wildman–Crippen MR) is 80.5 cm³/mol. The summed E-state index contributed by atoms with van der Waals surface area (Å²) in [6, 6.07) is 8.49. The first kappa shape index (κ1) is 12.4. The average molecular weight is 416 g/mol. The predicted octanol–water partition coefficient (Wildman–Crippen LogP) is 4.04. The van der Waals surface area contributed by atoms with E-state index in [0.29, 0.717) is 0 Å². The monoisotopic (exact) mass is 416 g/mol. The highest BCUT2D eigenvalue weighted by Gasteiger charge is 2.09. The van der Waals surface area contributed by atoms with Crippen LogP contribution >= 0.6 is 45.7 Å². The molecule has 0 radical (unpaired) electrons. The molecule has 0 fully saturated rings. The molecule has 14 heavy (non-hydrogen) atoms. The zero-order valence-corrected chi connectivity index (χ0v) is 12.7. The molecule has 0 aliphatic carbocycles.